The van der Waals surface area contributed by atoms with Gasteiger partial charge in [0.15, 0.2) is 0 Å². The summed E-state index contributed by atoms with van der Waals surface area (Å²) in [6.45, 7) is 1.43. The van der Waals surface area contributed by atoms with Crippen LogP contribution >= 0.6 is 0 Å². The second kappa shape index (κ2) is 6.20. The van der Waals surface area contributed by atoms with Gasteiger partial charge >= 0.3 is 0 Å². The maximum absolute atomic E-state index is 13.0. The molecule has 5 heteroatoms. The Morgan fingerprint density at radius 1 is 1.47 bits per heavy atom. The Kier molecular flexibility index (Phi) is 4.90. The molecule has 3 N–H and O–H groups in total. The molecule has 0 aliphatic carbocycles. The van der Waals surface area contributed by atoms with E-state index < -0.39 is 5.82 Å². The van der Waals surface area contributed by atoms with Crippen molar-refractivity contribution in [3.8, 4) is 5.75 Å². The van der Waals surface area contributed by atoms with E-state index in [1.165, 1.54) is 18.2 Å². The van der Waals surface area contributed by atoms with Crippen molar-refractivity contribution in [2.24, 2.45) is 5.73 Å². The highest BCUT2D eigenvalue weighted by atomic mass is 19.1. The van der Waals surface area contributed by atoms with Crippen molar-refractivity contribution >= 4 is 5.84 Å². The Morgan fingerprint density at radius 2 is 2.18 bits per heavy atom. The van der Waals surface area contributed by atoms with Crippen LogP contribution in [0.4, 0.5) is 4.39 Å². The third-order valence-corrected chi connectivity index (χ3v) is 2.24. The largest absolute Gasteiger partial charge is 0.493 e. The van der Waals surface area contributed by atoms with Gasteiger partial charge in [-0.05, 0) is 38.7 Å². The molecule has 1 aromatic rings. The molecule has 0 fully saturated rings. The van der Waals surface area contributed by atoms with E-state index in [4.69, 9.17) is 15.9 Å². The van der Waals surface area contributed by atoms with Crippen molar-refractivity contribution in [3.05, 3.63) is 29.6 Å². The van der Waals surface area contributed by atoms with Crippen LogP contribution in [0.2, 0.25) is 0 Å². The fraction of sp³-hybridized carbons (Fsp3) is 0.417. The first-order chi connectivity index (χ1) is 8.00. The van der Waals surface area contributed by atoms with Gasteiger partial charge in [0.1, 0.15) is 17.4 Å². The van der Waals surface area contributed by atoms with Gasteiger partial charge in [-0.3, -0.25) is 5.41 Å². The lowest BCUT2D eigenvalue weighted by molar-refractivity contribution is 0.281. The molecule has 0 aromatic heterocycles. The van der Waals surface area contributed by atoms with E-state index >= 15 is 0 Å². The van der Waals surface area contributed by atoms with Gasteiger partial charge < -0.3 is 15.4 Å². The van der Waals surface area contributed by atoms with Gasteiger partial charge in [0.2, 0.25) is 0 Å². The Labute approximate surface area is 101 Å². The molecule has 0 bridgehead atoms. The van der Waals surface area contributed by atoms with Crippen molar-refractivity contribution in [1.82, 2.24) is 4.90 Å². The summed E-state index contributed by atoms with van der Waals surface area (Å²) in [6.07, 6.45) is 0.863. The number of nitrogens with one attached hydrogen (secondary N) is 1. The summed E-state index contributed by atoms with van der Waals surface area (Å²) in [5.41, 5.74) is 5.67. The maximum atomic E-state index is 13.0. The number of nitrogens with zero attached hydrogens (tertiary/aromatic N) is 1. The maximum Gasteiger partial charge on any atom is 0.130 e. The van der Waals surface area contributed by atoms with E-state index in [1.807, 2.05) is 14.1 Å². The zero-order valence-electron chi connectivity index (χ0n) is 10.2. The minimum atomic E-state index is -0.421. The van der Waals surface area contributed by atoms with Crippen molar-refractivity contribution in [2.45, 2.75) is 6.42 Å². The first-order valence-electron chi connectivity index (χ1n) is 5.42. The number of amidine groups is 1. The molecule has 94 valence electrons. The number of halogens is 1. The molecular weight excluding hydrogens is 221 g/mol. The number of rotatable bonds is 6. The van der Waals surface area contributed by atoms with Crippen LogP contribution in [0.1, 0.15) is 12.0 Å². The van der Waals surface area contributed by atoms with E-state index in [0.717, 1.165) is 13.0 Å². The lowest BCUT2D eigenvalue weighted by Gasteiger charge is -2.12. The number of nitrogens with two attached hydrogens (primary N) is 1. The lowest BCUT2D eigenvalue weighted by Crippen LogP contribution is -2.17. The molecule has 0 aliphatic rings. The summed E-state index contributed by atoms with van der Waals surface area (Å²) in [5, 5.41) is 7.34. The van der Waals surface area contributed by atoms with E-state index in [0.29, 0.717) is 17.9 Å². The van der Waals surface area contributed by atoms with Crippen molar-refractivity contribution in [1.29, 1.82) is 5.41 Å². The normalized spacial score (nSPS) is 10.6. The van der Waals surface area contributed by atoms with Crippen molar-refractivity contribution < 1.29 is 9.13 Å². The monoisotopic (exact) mass is 239 g/mol. The summed E-state index contributed by atoms with van der Waals surface area (Å²) < 4.78 is 18.5. The summed E-state index contributed by atoms with van der Waals surface area (Å²) in [7, 11) is 3.97. The number of ether oxygens (including phenoxy) is 1. The molecule has 0 saturated heterocycles. The van der Waals surface area contributed by atoms with E-state index in [9.17, 15) is 4.39 Å². The average Bonchev–Trinajstić information content (AvgIpc) is 2.25. The molecule has 17 heavy (non-hydrogen) atoms. The van der Waals surface area contributed by atoms with Gasteiger partial charge in [-0.15, -0.1) is 0 Å². The topological polar surface area (TPSA) is 62.3 Å². The minimum absolute atomic E-state index is 0.188. The molecule has 0 unspecified atom stereocenters. The molecule has 1 rings (SSSR count). The van der Waals surface area contributed by atoms with Crippen molar-refractivity contribution in [2.75, 3.05) is 27.2 Å². The fourth-order valence-corrected chi connectivity index (χ4v) is 1.40. The standard InChI is InChI=1S/C12H18FN3O/c1-16(2)6-3-7-17-11-5-4-9(13)8-10(11)12(14)15/h4-5,8H,3,6-7H2,1-2H3,(H3,14,15). The first kappa shape index (κ1) is 13.4. The minimum Gasteiger partial charge on any atom is -0.493 e. The molecule has 4 nitrogen and oxygen atoms in total. The highest BCUT2D eigenvalue weighted by molar-refractivity contribution is 5.97. The summed E-state index contributed by atoms with van der Waals surface area (Å²) >= 11 is 0. The number of nitrogen functional groups attached to an aromatic ring is 1. The molecule has 0 amide bonds. The molecule has 1 aromatic carbocycles. The summed E-state index contributed by atoms with van der Waals surface area (Å²) in [4.78, 5) is 2.06. The molecule has 0 radical (unpaired) electrons. The first-order valence-corrected chi connectivity index (χ1v) is 5.42. The third kappa shape index (κ3) is 4.40. The fourth-order valence-electron chi connectivity index (χ4n) is 1.40. The quantitative estimate of drug-likeness (QED) is 0.448. The SMILES string of the molecule is CN(C)CCCOc1ccc(F)cc1C(=N)N. The smallest absolute Gasteiger partial charge is 0.130 e. The Hall–Kier alpha value is -1.62. The van der Waals surface area contributed by atoms with Gasteiger partial charge in [-0.1, -0.05) is 0 Å². The molecule has 0 atom stereocenters. The van der Waals surface area contributed by atoms with Crippen LogP contribution in [-0.2, 0) is 0 Å². The lowest BCUT2D eigenvalue weighted by atomic mass is 10.2. The molecule has 0 aliphatic heterocycles. The zero-order chi connectivity index (χ0) is 12.8. The van der Waals surface area contributed by atoms with Crippen LogP contribution in [0.25, 0.3) is 0 Å². The van der Waals surface area contributed by atoms with Gasteiger partial charge in [-0.25, -0.2) is 4.39 Å². The third-order valence-electron chi connectivity index (χ3n) is 2.24. The zero-order valence-corrected chi connectivity index (χ0v) is 10.2. The van der Waals surface area contributed by atoms with Gasteiger partial charge in [0.05, 0.1) is 12.2 Å². The van der Waals surface area contributed by atoms with Crippen LogP contribution in [0.5, 0.6) is 5.75 Å². The average molecular weight is 239 g/mol. The van der Waals surface area contributed by atoms with Gasteiger partial charge in [0.25, 0.3) is 0 Å². The molecule has 0 spiro atoms. The summed E-state index contributed by atoms with van der Waals surface area (Å²) in [5.74, 6) is -0.152. The predicted molar refractivity (Wildman–Crippen MR) is 66.1 cm³/mol. The second-order valence-corrected chi connectivity index (χ2v) is 4.06. The summed E-state index contributed by atoms with van der Waals surface area (Å²) in [6, 6.07) is 4.01. The number of hydrogen-bond donors (Lipinski definition) is 2. The van der Waals surface area contributed by atoms with Crippen LogP contribution < -0.4 is 10.5 Å². The highest BCUT2D eigenvalue weighted by Crippen LogP contribution is 2.19. The Balaban J connectivity index is 2.61. The van der Waals surface area contributed by atoms with Crippen LogP contribution in [0.15, 0.2) is 18.2 Å². The van der Waals surface area contributed by atoms with Gasteiger partial charge in [-0.2, -0.15) is 0 Å². The van der Waals surface area contributed by atoms with Crippen LogP contribution in [0.3, 0.4) is 0 Å². The van der Waals surface area contributed by atoms with Crippen LogP contribution in [0, 0.1) is 11.2 Å². The van der Waals surface area contributed by atoms with E-state index in [1.54, 1.807) is 0 Å². The molecular formula is C12H18FN3O. The van der Waals surface area contributed by atoms with E-state index in [-0.39, 0.29) is 5.84 Å². The Bertz CT molecular complexity index is 393. The number of benzene rings is 1. The molecule has 0 saturated carbocycles. The molecule has 0 heterocycles. The van der Waals surface area contributed by atoms with Crippen molar-refractivity contribution in [3.63, 3.8) is 0 Å². The van der Waals surface area contributed by atoms with E-state index in [2.05, 4.69) is 4.90 Å². The van der Waals surface area contributed by atoms with Gasteiger partial charge in [0, 0.05) is 6.54 Å². The number of hydrogen-bond acceptors (Lipinski definition) is 3. The highest BCUT2D eigenvalue weighted by Gasteiger charge is 2.08. The van der Waals surface area contributed by atoms with Crippen LogP contribution in [-0.4, -0.2) is 38.0 Å². The second-order valence-electron chi connectivity index (χ2n) is 4.06. The predicted octanol–water partition coefficient (Wildman–Crippen LogP) is 1.44. The Morgan fingerprint density at radius 3 is 2.76 bits per heavy atom.